The molecule has 49 heavy (non-hydrogen) atoms. The molecule has 0 saturated heterocycles. The summed E-state index contributed by atoms with van der Waals surface area (Å²) in [5.41, 5.74) is 9.49. The second-order valence-electron chi connectivity index (χ2n) is 13.4. The van der Waals surface area contributed by atoms with Gasteiger partial charge in [-0.3, -0.25) is 33.6 Å². The van der Waals surface area contributed by atoms with Gasteiger partial charge in [0.1, 0.15) is 24.2 Å². The summed E-state index contributed by atoms with van der Waals surface area (Å²) in [7, 11) is 0. The molecule has 15 nitrogen and oxygen atoms in total. The van der Waals surface area contributed by atoms with Crippen LogP contribution in [0.5, 0.6) is 0 Å². The summed E-state index contributed by atoms with van der Waals surface area (Å²) in [6, 6.07) is 2.58. The number of benzene rings is 1. The lowest BCUT2D eigenvalue weighted by atomic mass is 9.76. The van der Waals surface area contributed by atoms with E-state index in [-0.39, 0.29) is 6.42 Å². The number of nitrogens with two attached hydrogens (primary N) is 2. The van der Waals surface area contributed by atoms with Crippen LogP contribution in [0.3, 0.4) is 0 Å². The zero-order chi connectivity index (χ0) is 37.1. The van der Waals surface area contributed by atoms with Gasteiger partial charge in [0.15, 0.2) is 11.3 Å². The zero-order valence-electron chi connectivity index (χ0n) is 29.2. The summed E-state index contributed by atoms with van der Waals surface area (Å²) in [6.07, 6.45) is 2.71. The number of carbonyl (C=O) groups is 7. The maximum Gasteiger partial charge on any atom is 0.254 e. The highest BCUT2D eigenvalue weighted by Gasteiger charge is 2.54. The number of amides is 6. The van der Waals surface area contributed by atoms with Crippen LogP contribution >= 0.6 is 0 Å². The van der Waals surface area contributed by atoms with Crippen molar-refractivity contribution in [1.29, 1.82) is 0 Å². The number of aliphatic hydroxyl groups excluding tert-OH is 1. The van der Waals surface area contributed by atoms with Gasteiger partial charge in [0, 0.05) is 5.92 Å². The molecule has 0 aromatic heterocycles. The molecular weight excluding hydrogens is 634 g/mol. The summed E-state index contributed by atoms with van der Waals surface area (Å²) in [4.78, 5) is 93.5. The van der Waals surface area contributed by atoms with Crippen LogP contribution in [-0.4, -0.2) is 88.7 Å². The van der Waals surface area contributed by atoms with E-state index < -0.39 is 101 Å². The van der Waals surface area contributed by atoms with Crippen LogP contribution in [0.1, 0.15) is 72.8 Å². The van der Waals surface area contributed by atoms with E-state index in [0.29, 0.717) is 18.4 Å². The molecule has 1 fully saturated rings. The van der Waals surface area contributed by atoms with Gasteiger partial charge in [-0.2, -0.15) is 0 Å². The summed E-state index contributed by atoms with van der Waals surface area (Å²) in [5.74, 6) is -7.09. The number of primary amides is 1. The predicted octanol–water partition coefficient (Wildman–Crippen LogP) is -1.06. The first kappa shape index (κ1) is 40.8. The van der Waals surface area contributed by atoms with Gasteiger partial charge in [0.25, 0.3) is 5.91 Å². The van der Waals surface area contributed by atoms with Crippen LogP contribution in [0.4, 0.5) is 0 Å². The minimum absolute atomic E-state index is 0.0813. The van der Waals surface area contributed by atoms with Gasteiger partial charge < -0.3 is 43.2 Å². The minimum atomic E-state index is -2.23. The third-order valence-electron chi connectivity index (χ3n) is 8.87. The first-order valence-electron chi connectivity index (χ1n) is 16.7. The van der Waals surface area contributed by atoms with Crippen molar-refractivity contribution in [3.05, 3.63) is 35.9 Å². The van der Waals surface area contributed by atoms with Crippen molar-refractivity contribution in [3.63, 3.8) is 0 Å². The van der Waals surface area contributed by atoms with Gasteiger partial charge in [-0.25, -0.2) is 0 Å². The van der Waals surface area contributed by atoms with E-state index in [9.17, 15) is 33.6 Å². The third-order valence-corrected chi connectivity index (χ3v) is 8.87. The second kappa shape index (κ2) is 18.4. The molecule has 1 aliphatic rings. The Morgan fingerprint density at radius 2 is 1.35 bits per heavy atom. The summed E-state index contributed by atoms with van der Waals surface area (Å²) in [5, 5.41) is 21.9. The number of Topliss-reactive ketones (excluding diaryl/α,β-unsaturated/α-hetero) is 1. The number of nitrogens with one attached hydrogen (secondary N) is 5. The molecule has 272 valence electrons. The van der Waals surface area contributed by atoms with E-state index in [0.717, 1.165) is 12.8 Å². The Hall–Kier alpha value is -4.37. The first-order valence-corrected chi connectivity index (χ1v) is 16.7. The molecule has 0 bridgehead atoms. The molecule has 1 saturated carbocycles. The maximum atomic E-state index is 14.9. The Balaban J connectivity index is 2.52. The minimum Gasteiger partial charge on any atom is -0.394 e. The van der Waals surface area contributed by atoms with Crippen molar-refractivity contribution in [2.45, 2.75) is 109 Å². The highest BCUT2D eigenvalue weighted by Crippen LogP contribution is 2.29. The Morgan fingerprint density at radius 3 is 1.84 bits per heavy atom. The fourth-order valence-corrected chi connectivity index (χ4v) is 5.73. The molecule has 1 unspecified atom stereocenters. The molecule has 10 N–H and O–H groups in total. The maximum absolute atomic E-state index is 14.9. The van der Waals surface area contributed by atoms with Crippen molar-refractivity contribution in [1.82, 2.24) is 26.6 Å². The number of carbonyl (C=O) groups excluding carboxylic acids is 7. The fourth-order valence-electron chi connectivity index (χ4n) is 5.73. The number of ketones is 1. The summed E-state index contributed by atoms with van der Waals surface area (Å²) < 4.78 is 0. The largest absolute Gasteiger partial charge is 0.394 e. The molecule has 0 spiro atoms. The highest BCUT2D eigenvalue weighted by molar-refractivity contribution is 6.16. The number of rotatable bonds is 18. The monoisotopic (exact) mass is 687 g/mol. The average Bonchev–Trinajstić information content (AvgIpc) is 3.60. The second-order valence-corrected chi connectivity index (χ2v) is 13.4. The molecule has 0 aliphatic heterocycles. The zero-order valence-corrected chi connectivity index (χ0v) is 29.2. The lowest BCUT2D eigenvalue weighted by Crippen LogP contribution is -2.72. The molecule has 0 heterocycles. The third kappa shape index (κ3) is 10.8. The van der Waals surface area contributed by atoms with Gasteiger partial charge in [0.2, 0.25) is 29.5 Å². The lowest BCUT2D eigenvalue weighted by Gasteiger charge is -2.40. The molecule has 15 heteroatoms. The smallest absolute Gasteiger partial charge is 0.254 e. The number of hydrogen-bond donors (Lipinski definition) is 8. The fraction of sp³-hybridized carbons (Fsp3) is 0.618. The van der Waals surface area contributed by atoms with Gasteiger partial charge in [-0.1, -0.05) is 70.9 Å². The average molecular weight is 688 g/mol. The van der Waals surface area contributed by atoms with E-state index in [1.54, 1.807) is 58.0 Å². The molecule has 6 amide bonds. The van der Waals surface area contributed by atoms with Crippen LogP contribution < -0.4 is 38.1 Å². The van der Waals surface area contributed by atoms with E-state index >= 15 is 0 Å². The Bertz CT molecular complexity index is 1350. The summed E-state index contributed by atoms with van der Waals surface area (Å²) in [6.45, 7) is 8.62. The van der Waals surface area contributed by atoms with Crippen LogP contribution in [0.2, 0.25) is 0 Å². The highest BCUT2D eigenvalue weighted by atomic mass is 16.3. The number of hydrogen-bond acceptors (Lipinski definition) is 9. The molecule has 2 rings (SSSR count). The SMILES string of the molecule is CC(C)[C@H](NC(=O)[C@](NC(=O)C1CCCC1)(C(=O)C(Cc1ccccc1)NC(=O)[C@H](C)NC(=O)[C@H](C)NC(=O)[C@@H](N)CO)C(C)C)C(N)=O. The van der Waals surface area contributed by atoms with Gasteiger partial charge in [0.05, 0.1) is 12.6 Å². The van der Waals surface area contributed by atoms with Gasteiger partial charge >= 0.3 is 0 Å². The van der Waals surface area contributed by atoms with Crippen LogP contribution in [0.25, 0.3) is 0 Å². The summed E-state index contributed by atoms with van der Waals surface area (Å²) >= 11 is 0. The van der Waals surface area contributed by atoms with Crippen molar-refractivity contribution >= 4 is 41.2 Å². The molecular formula is C34H53N7O8. The van der Waals surface area contributed by atoms with Gasteiger partial charge in [-0.15, -0.1) is 0 Å². The molecule has 0 radical (unpaired) electrons. The lowest BCUT2D eigenvalue weighted by molar-refractivity contribution is -0.148. The topological polar surface area (TPSA) is 252 Å². The van der Waals surface area contributed by atoms with Crippen LogP contribution in [-0.2, 0) is 40.0 Å². The van der Waals surface area contributed by atoms with E-state index in [1.165, 1.54) is 13.8 Å². The van der Waals surface area contributed by atoms with Crippen molar-refractivity contribution < 1.29 is 38.7 Å². The Morgan fingerprint density at radius 1 is 0.816 bits per heavy atom. The van der Waals surface area contributed by atoms with E-state index in [2.05, 4.69) is 26.6 Å². The van der Waals surface area contributed by atoms with E-state index in [4.69, 9.17) is 16.6 Å². The van der Waals surface area contributed by atoms with Gasteiger partial charge in [-0.05, 0) is 50.5 Å². The molecule has 1 aliphatic carbocycles. The Kier molecular flexibility index (Phi) is 15.3. The van der Waals surface area contributed by atoms with E-state index in [1.807, 2.05) is 0 Å². The van der Waals surface area contributed by atoms with Crippen molar-refractivity contribution in [2.24, 2.45) is 29.2 Å². The molecule has 6 atom stereocenters. The van der Waals surface area contributed by atoms with Crippen LogP contribution in [0, 0.1) is 17.8 Å². The normalized spacial score (nSPS) is 17.5. The Labute approximate surface area is 287 Å². The predicted molar refractivity (Wildman–Crippen MR) is 181 cm³/mol. The molecule has 1 aromatic rings. The quantitative estimate of drug-likeness (QED) is 0.0875. The van der Waals surface area contributed by atoms with Crippen molar-refractivity contribution in [3.8, 4) is 0 Å². The standard InChI is InChI=1S/C34H53N7O8/c1-18(2)26(28(36)44)40-33(49)34(19(3)4,41-31(47)23-14-10-11-15-23)27(43)25(16-22-12-8-7-9-13-22)39-30(46)21(6)37-29(45)20(5)38-32(48)24(35)17-42/h7-9,12-13,18-21,23-26,42H,10-11,14-17,35H2,1-6H3,(H2,36,44)(H,37,45)(H,38,48)(H,39,46)(H,40,49)(H,41,47)/t20-,21-,24-,25?,26-,34+/m0/s1. The number of aliphatic hydroxyl groups is 1. The molecule has 1 aromatic carbocycles. The van der Waals surface area contributed by atoms with Crippen LogP contribution in [0.15, 0.2) is 30.3 Å². The van der Waals surface area contributed by atoms with Crippen molar-refractivity contribution in [2.75, 3.05) is 6.61 Å². The first-order chi connectivity index (χ1) is 23.0.